The van der Waals surface area contributed by atoms with E-state index in [-0.39, 0.29) is 12.5 Å². The Morgan fingerprint density at radius 2 is 1.55 bits per heavy atom. The van der Waals surface area contributed by atoms with Crippen molar-refractivity contribution in [2.24, 2.45) is 0 Å². The third-order valence-electron chi connectivity index (χ3n) is 4.15. The van der Waals surface area contributed by atoms with Crippen LogP contribution in [-0.4, -0.2) is 36.4 Å². The van der Waals surface area contributed by atoms with Gasteiger partial charge in [-0.3, -0.25) is 9.69 Å². The van der Waals surface area contributed by atoms with Gasteiger partial charge in [-0.05, 0) is 69.0 Å². The van der Waals surface area contributed by atoms with Crippen molar-refractivity contribution >= 4 is 17.7 Å². The summed E-state index contributed by atoms with van der Waals surface area (Å²) in [6, 6.07) is 14.9. The van der Waals surface area contributed by atoms with Crippen molar-refractivity contribution in [1.82, 2.24) is 0 Å². The molecule has 1 N–H and O–H groups in total. The summed E-state index contributed by atoms with van der Waals surface area (Å²) in [5.41, 5.74) is 2.16. The molecule has 0 aliphatic rings. The van der Waals surface area contributed by atoms with E-state index in [0.717, 1.165) is 35.4 Å². The molecule has 2 aromatic rings. The van der Waals surface area contributed by atoms with Crippen molar-refractivity contribution in [2.45, 2.75) is 45.6 Å². The lowest BCUT2D eigenvalue weighted by atomic mass is 10.1. The van der Waals surface area contributed by atoms with Gasteiger partial charge in [-0.2, -0.15) is 0 Å². The molecule has 0 radical (unpaired) electrons. The first-order valence-corrected chi connectivity index (χ1v) is 9.63. The fourth-order valence-corrected chi connectivity index (χ4v) is 2.67. The van der Waals surface area contributed by atoms with Crippen molar-refractivity contribution in [3.05, 3.63) is 59.7 Å². The second kappa shape index (κ2) is 9.96. The van der Waals surface area contributed by atoms with Gasteiger partial charge in [-0.25, -0.2) is 4.79 Å². The Hall–Kier alpha value is -3.02. The van der Waals surface area contributed by atoms with E-state index >= 15 is 0 Å². The number of hydrogen-bond donors (Lipinski definition) is 1. The Morgan fingerprint density at radius 1 is 0.966 bits per heavy atom. The molecular weight excluding hydrogens is 370 g/mol. The van der Waals surface area contributed by atoms with Crippen molar-refractivity contribution < 1.29 is 24.2 Å². The summed E-state index contributed by atoms with van der Waals surface area (Å²) in [5.74, 6) is -0.115. The van der Waals surface area contributed by atoms with Gasteiger partial charge in [0.15, 0.2) is 0 Å². The van der Waals surface area contributed by atoms with Crippen molar-refractivity contribution in [3.63, 3.8) is 0 Å². The summed E-state index contributed by atoms with van der Waals surface area (Å²) in [6.07, 6.45) is 1.33. The summed E-state index contributed by atoms with van der Waals surface area (Å²) in [6.45, 7) is 6.09. The van der Waals surface area contributed by atoms with Gasteiger partial charge >= 0.3 is 12.1 Å². The number of ether oxygens (including phenoxy) is 2. The number of amides is 1. The molecule has 0 fully saturated rings. The van der Waals surface area contributed by atoms with Crippen LogP contribution in [0.1, 0.15) is 38.3 Å². The normalized spacial score (nSPS) is 11.0. The second-order valence-corrected chi connectivity index (χ2v) is 7.87. The molecular formula is C23H29NO5. The van der Waals surface area contributed by atoms with Crippen LogP contribution in [0, 0.1) is 0 Å². The van der Waals surface area contributed by atoms with Gasteiger partial charge in [0.05, 0.1) is 13.0 Å². The highest BCUT2D eigenvalue weighted by molar-refractivity contribution is 5.87. The third kappa shape index (κ3) is 7.86. The lowest BCUT2D eigenvalue weighted by Gasteiger charge is -2.24. The Bertz CT molecular complexity index is 807. The van der Waals surface area contributed by atoms with E-state index in [2.05, 4.69) is 0 Å². The van der Waals surface area contributed by atoms with Gasteiger partial charge in [-0.1, -0.05) is 24.3 Å². The van der Waals surface area contributed by atoms with E-state index in [1.165, 1.54) is 4.90 Å². The number of carboxylic acid groups (broad SMARTS) is 1. The highest BCUT2D eigenvalue weighted by atomic mass is 16.6. The Balaban J connectivity index is 1.77. The molecule has 29 heavy (non-hydrogen) atoms. The minimum Gasteiger partial charge on any atom is -0.494 e. The number of aryl methyl sites for hydroxylation is 1. The van der Waals surface area contributed by atoms with Gasteiger partial charge < -0.3 is 14.6 Å². The molecule has 0 aliphatic carbocycles. The molecule has 0 unspecified atom stereocenters. The molecule has 0 saturated heterocycles. The van der Waals surface area contributed by atoms with Crippen LogP contribution in [0.15, 0.2) is 48.5 Å². The molecule has 0 spiro atoms. The quantitative estimate of drug-likeness (QED) is 0.651. The molecule has 0 heterocycles. The molecule has 2 rings (SSSR count). The minimum atomic E-state index is -0.845. The van der Waals surface area contributed by atoms with Crippen LogP contribution in [-0.2, 0) is 22.4 Å². The predicted molar refractivity (Wildman–Crippen MR) is 113 cm³/mol. The molecule has 0 aromatic heterocycles. The first-order valence-electron chi connectivity index (χ1n) is 9.63. The number of benzene rings is 2. The molecule has 0 saturated carbocycles. The summed E-state index contributed by atoms with van der Waals surface area (Å²) in [4.78, 5) is 24.3. The van der Waals surface area contributed by atoms with Crippen molar-refractivity contribution in [2.75, 3.05) is 18.6 Å². The number of carbonyl (C=O) groups is 2. The van der Waals surface area contributed by atoms with Crippen LogP contribution in [0.25, 0.3) is 0 Å². The molecule has 156 valence electrons. The maximum Gasteiger partial charge on any atom is 0.414 e. The van der Waals surface area contributed by atoms with E-state index < -0.39 is 11.6 Å². The lowest BCUT2D eigenvalue weighted by Crippen LogP contribution is -2.34. The predicted octanol–water partition coefficient (Wildman–Crippen LogP) is 4.70. The van der Waals surface area contributed by atoms with E-state index in [1.807, 2.05) is 45.0 Å². The SMILES string of the molecule is CN(C(=O)OC(C)(C)C)c1ccc(CCCOc2ccc(CC(=O)O)cc2)cc1. The van der Waals surface area contributed by atoms with Crippen molar-refractivity contribution in [1.29, 1.82) is 0 Å². The van der Waals surface area contributed by atoms with Crippen LogP contribution >= 0.6 is 0 Å². The van der Waals surface area contributed by atoms with E-state index in [1.54, 1.807) is 31.3 Å². The third-order valence-corrected chi connectivity index (χ3v) is 4.15. The van der Waals surface area contributed by atoms with Crippen LogP contribution in [0.2, 0.25) is 0 Å². The average Bonchev–Trinajstić information content (AvgIpc) is 2.64. The van der Waals surface area contributed by atoms with Crippen LogP contribution < -0.4 is 9.64 Å². The first kappa shape index (κ1) is 22.3. The maximum absolute atomic E-state index is 12.1. The van der Waals surface area contributed by atoms with Gasteiger partial charge in [0.2, 0.25) is 0 Å². The minimum absolute atomic E-state index is 0.0133. The zero-order chi connectivity index (χ0) is 21.4. The molecule has 0 bridgehead atoms. The summed E-state index contributed by atoms with van der Waals surface area (Å²) in [7, 11) is 1.69. The number of anilines is 1. The number of aliphatic carboxylic acids is 1. The highest BCUT2D eigenvalue weighted by Crippen LogP contribution is 2.18. The monoisotopic (exact) mass is 399 g/mol. The molecule has 0 aliphatic heterocycles. The largest absolute Gasteiger partial charge is 0.494 e. The van der Waals surface area contributed by atoms with Crippen molar-refractivity contribution in [3.8, 4) is 5.75 Å². The van der Waals surface area contributed by atoms with E-state index in [9.17, 15) is 9.59 Å². The van der Waals surface area contributed by atoms with Gasteiger partial charge in [0, 0.05) is 12.7 Å². The number of carboxylic acids is 1. The highest BCUT2D eigenvalue weighted by Gasteiger charge is 2.20. The number of nitrogens with zero attached hydrogens (tertiary/aromatic N) is 1. The number of hydrogen-bond acceptors (Lipinski definition) is 4. The Morgan fingerprint density at radius 3 is 2.10 bits per heavy atom. The zero-order valence-corrected chi connectivity index (χ0v) is 17.5. The second-order valence-electron chi connectivity index (χ2n) is 7.87. The van der Waals surface area contributed by atoms with Gasteiger partial charge in [0.25, 0.3) is 0 Å². The Labute approximate surface area is 172 Å². The topological polar surface area (TPSA) is 76.1 Å². The van der Waals surface area contributed by atoms with Gasteiger partial charge in [-0.15, -0.1) is 0 Å². The molecule has 6 heteroatoms. The summed E-state index contributed by atoms with van der Waals surface area (Å²) >= 11 is 0. The standard InChI is InChI=1S/C23H29NO5/c1-23(2,3)29-22(27)24(4)19-11-7-17(8-12-19)6-5-15-28-20-13-9-18(10-14-20)16-21(25)26/h7-14H,5-6,15-16H2,1-4H3,(H,25,26). The molecule has 2 aromatic carbocycles. The maximum atomic E-state index is 12.1. The van der Waals surface area contributed by atoms with Gasteiger partial charge in [0.1, 0.15) is 11.4 Å². The zero-order valence-electron chi connectivity index (χ0n) is 17.5. The first-order chi connectivity index (χ1) is 13.6. The molecule has 0 atom stereocenters. The summed E-state index contributed by atoms with van der Waals surface area (Å²) < 4.78 is 11.1. The fraction of sp³-hybridized carbons (Fsp3) is 0.391. The van der Waals surface area contributed by atoms with E-state index in [4.69, 9.17) is 14.6 Å². The fourth-order valence-electron chi connectivity index (χ4n) is 2.67. The average molecular weight is 399 g/mol. The molecule has 6 nitrogen and oxygen atoms in total. The number of carbonyl (C=O) groups excluding carboxylic acids is 1. The Kier molecular flexibility index (Phi) is 7.65. The summed E-state index contributed by atoms with van der Waals surface area (Å²) in [5, 5.41) is 8.78. The smallest absolute Gasteiger partial charge is 0.414 e. The van der Waals surface area contributed by atoms with E-state index in [0.29, 0.717) is 6.61 Å². The van der Waals surface area contributed by atoms with Crippen LogP contribution in [0.4, 0.5) is 10.5 Å². The van der Waals surface area contributed by atoms with Crippen LogP contribution in [0.3, 0.4) is 0 Å². The lowest BCUT2D eigenvalue weighted by molar-refractivity contribution is -0.136. The van der Waals surface area contributed by atoms with Crippen LogP contribution in [0.5, 0.6) is 5.75 Å². The molecule has 1 amide bonds. The number of rotatable bonds is 8.